The van der Waals surface area contributed by atoms with Crippen LogP contribution in [0, 0.1) is 11.8 Å². The van der Waals surface area contributed by atoms with Crippen LogP contribution in [0.5, 0.6) is 0 Å². The average Bonchev–Trinajstić information content (AvgIpc) is 2.69. The van der Waals surface area contributed by atoms with E-state index in [4.69, 9.17) is 5.11 Å². The van der Waals surface area contributed by atoms with Crippen LogP contribution < -0.4 is 0 Å². The van der Waals surface area contributed by atoms with Gasteiger partial charge in [0, 0.05) is 12.1 Å². The lowest BCUT2D eigenvalue weighted by Crippen LogP contribution is -2.43. The van der Waals surface area contributed by atoms with Crippen molar-refractivity contribution in [2.75, 3.05) is 6.54 Å². The largest absolute Gasteiger partial charge is 0.481 e. The molecule has 0 aromatic carbocycles. The molecule has 17 heavy (non-hydrogen) atoms. The molecule has 2 aliphatic rings. The summed E-state index contributed by atoms with van der Waals surface area (Å²) in [5.41, 5.74) is 0. The molecule has 3 nitrogen and oxygen atoms in total. The van der Waals surface area contributed by atoms with Crippen LogP contribution in [0.15, 0.2) is 0 Å². The maximum atomic E-state index is 10.9. The van der Waals surface area contributed by atoms with E-state index in [0.29, 0.717) is 18.5 Å². The molecule has 1 saturated carbocycles. The number of aliphatic carboxylic acids is 1. The quantitative estimate of drug-likeness (QED) is 0.823. The molecule has 2 rings (SSSR count). The van der Waals surface area contributed by atoms with Gasteiger partial charge < -0.3 is 5.11 Å². The van der Waals surface area contributed by atoms with Gasteiger partial charge in [0.1, 0.15) is 0 Å². The summed E-state index contributed by atoms with van der Waals surface area (Å²) in [6.07, 6.45) is 6.42. The number of likely N-dealkylation sites (tertiary alicyclic amines) is 1. The van der Waals surface area contributed by atoms with Crippen LogP contribution in [-0.4, -0.2) is 34.6 Å². The van der Waals surface area contributed by atoms with Crippen LogP contribution in [-0.2, 0) is 4.79 Å². The van der Waals surface area contributed by atoms with E-state index in [0.717, 1.165) is 24.8 Å². The van der Waals surface area contributed by atoms with Gasteiger partial charge in [0.2, 0.25) is 0 Å². The van der Waals surface area contributed by atoms with Gasteiger partial charge in [0.15, 0.2) is 0 Å². The van der Waals surface area contributed by atoms with E-state index in [1.807, 2.05) is 0 Å². The molecule has 3 heteroatoms. The van der Waals surface area contributed by atoms with Crippen molar-refractivity contribution in [3.8, 4) is 0 Å². The Hall–Kier alpha value is -0.570. The van der Waals surface area contributed by atoms with Gasteiger partial charge >= 0.3 is 5.97 Å². The third-order valence-electron chi connectivity index (χ3n) is 4.87. The summed E-state index contributed by atoms with van der Waals surface area (Å²) >= 11 is 0. The molecular weight excluding hydrogens is 214 g/mol. The lowest BCUT2D eigenvalue weighted by molar-refractivity contribution is -0.138. The monoisotopic (exact) mass is 239 g/mol. The van der Waals surface area contributed by atoms with Gasteiger partial charge in [-0.1, -0.05) is 13.8 Å². The molecule has 0 spiro atoms. The minimum Gasteiger partial charge on any atom is -0.481 e. The van der Waals surface area contributed by atoms with E-state index in [1.54, 1.807) is 0 Å². The number of hydrogen-bond acceptors (Lipinski definition) is 2. The van der Waals surface area contributed by atoms with Crippen molar-refractivity contribution >= 4 is 5.97 Å². The van der Waals surface area contributed by atoms with Gasteiger partial charge in [-0.05, 0) is 50.5 Å². The number of nitrogens with zero attached hydrogens (tertiary/aromatic N) is 1. The zero-order valence-electron chi connectivity index (χ0n) is 11.1. The van der Waals surface area contributed by atoms with Crippen molar-refractivity contribution < 1.29 is 9.90 Å². The molecule has 0 aromatic rings. The summed E-state index contributed by atoms with van der Waals surface area (Å²) in [6, 6.07) is 0.950. The molecule has 1 heterocycles. The Labute approximate surface area is 104 Å². The lowest BCUT2D eigenvalue weighted by Gasteiger charge is -2.39. The summed E-state index contributed by atoms with van der Waals surface area (Å²) in [5, 5.41) is 8.96. The molecule has 2 fully saturated rings. The van der Waals surface area contributed by atoms with Crippen LogP contribution >= 0.6 is 0 Å². The standard InChI is InChI=1S/C14H25NO2/c1-10-5-6-13(8-11(10)2)15-7-3-4-12(15)9-14(16)17/h10-13H,3-9H2,1-2H3,(H,16,17). The molecule has 1 aliphatic carbocycles. The number of hydrogen-bond donors (Lipinski definition) is 1. The van der Waals surface area contributed by atoms with Gasteiger partial charge in [0.05, 0.1) is 6.42 Å². The maximum absolute atomic E-state index is 10.9. The van der Waals surface area contributed by atoms with Crippen molar-refractivity contribution in [1.82, 2.24) is 4.90 Å². The van der Waals surface area contributed by atoms with Crippen LogP contribution in [0.25, 0.3) is 0 Å². The molecule has 0 radical (unpaired) electrons. The molecule has 4 unspecified atom stereocenters. The van der Waals surface area contributed by atoms with Crippen molar-refractivity contribution in [3.05, 3.63) is 0 Å². The Morgan fingerprint density at radius 1 is 1.24 bits per heavy atom. The van der Waals surface area contributed by atoms with E-state index in [-0.39, 0.29) is 0 Å². The van der Waals surface area contributed by atoms with Crippen LogP contribution in [0.1, 0.15) is 52.4 Å². The van der Waals surface area contributed by atoms with E-state index in [1.165, 1.54) is 25.7 Å². The summed E-state index contributed by atoms with van der Waals surface area (Å²) in [7, 11) is 0. The van der Waals surface area contributed by atoms with Crippen LogP contribution in [0.2, 0.25) is 0 Å². The van der Waals surface area contributed by atoms with Crippen molar-refractivity contribution in [1.29, 1.82) is 0 Å². The second-order valence-electron chi connectivity index (χ2n) is 6.05. The first-order valence-electron chi connectivity index (χ1n) is 7.05. The van der Waals surface area contributed by atoms with E-state index >= 15 is 0 Å². The van der Waals surface area contributed by atoms with Gasteiger partial charge in [-0.3, -0.25) is 9.69 Å². The second-order valence-corrected chi connectivity index (χ2v) is 6.05. The van der Waals surface area contributed by atoms with Gasteiger partial charge in [0.25, 0.3) is 0 Å². The Bertz CT molecular complexity index is 279. The Kier molecular flexibility index (Phi) is 4.08. The van der Waals surface area contributed by atoms with Crippen LogP contribution in [0.4, 0.5) is 0 Å². The molecule has 4 atom stereocenters. The fourth-order valence-corrected chi connectivity index (χ4v) is 3.58. The average molecular weight is 239 g/mol. The predicted octanol–water partition coefficient (Wildman–Crippen LogP) is 2.75. The molecule has 98 valence electrons. The summed E-state index contributed by atoms with van der Waals surface area (Å²) in [4.78, 5) is 13.4. The smallest absolute Gasteiger partial charge is 0.304 e. The highest BCUT2D eigenvalue weighted by atomic mass is 16.4. The highest BCUT2D eigenvalue weighted by Crippen LogP contribution is 2.35. The Balaban J connectivity index is 1.94. The topological polar surface area (TPSA) is 40.5 Å². The fourth-order valence-electron chi connectivity index (χ4n) is 3.58. The van der Waals surface area contributed by atoms with Crippen molar-refractivity contribution in [2.45, 2.75) is 64.5 Å². The minimum atomic E-state index is -0.640. The number of carboxylic acids is 1. The van der Waals surface area contributed by atoms with Gasteiger partial charge in [-0.15, -0.1) is 0 Å². The molecular formula is C14H25NO2. The van der Waals surface area contributed by atoms with Gasteiger partial charge in [-0.2, -0.15) is 0 Å². The molecule has 0 aromatic heterocycles. The number of carbonyl (C=O) groups is 1. The third kappa shape index (κ3) is 3.01. The Morgan fingerprint density at radius 3 is 2.65 bits per heavy atom. The van der Waals surface area contributed by atoms with Crippen LogP contribution in [0.3, 0.4) is 0 Å². The van der Waals surface area contributed by atoms with E-state index in [9.17, 15) is 4.79 Å². The van der Waals surface area contributed by atoms with E-state index < -0.39 is 5.97 Å². The highest BCUT2D eigenvalue weighted by Gasteiger charge is 2.35. The second kappa shape index (κ2) is 5.38. The lowest BCUT2D eigenvalue weighted by atomic mass is 9.78. The zero-order valence-corrected chi connectivity index (χ0v) is 11.1. The Morgan fingerprint density at radius 2 is 2.00 bits per heavy atom. The normalized spacial score (nSPS) is 39.4. The first-order chi connectivity index (χ1) is 8.08. The van der Waals surface area contributed by atoms with E-state index in [2.05, 4.69) is 18.7 Å². The number of rotatable bonds is 3. The van der Waals surface area contributed by atoms with Gasteiger partial charge in [-0.25, -0.2) is 0 Å². The third-order valence-corrected chi connectivity index (χ3v) is 4.87. The maximum Gasteiger partial charge on any atom is 0.304 e. The zero-order chi connectivity index (χ0) is 12.4. The SMILES string of the molecule is CC1CCC(N2CCCC2CC(=O)O)CC1C. The first-order valence-corrected chi connectivity index (χ1v) is 7.05. The number of carboxylic acid groups (broad SMARTS) is 1. The molecule has 1 saturated heterocycles. The molecule has 0 bridgehead atoms. The first kappa shape index (κ1) is 12.9. The van der Waals surface area contributed by atoms with Crippen molar-refractivity contribution in [2.24, 2.45) is 11.8 Å². The summed E-state index contributed by atoms with van der Waals surface area (Å²) in [6.45, 7) is 5.81. The minimum absolute atomic E-state index is 0.304. The molecule has 1 N–H and O–H groups in total. The fraction of sp³-hybridized carbons (Fsp3) is 0.929. The molecule has 1 aliphatic heterocycles. The van der Waals surface area contributed by atoms with Crippen molar-refractivity contribution in [3.63, 3.8) is 0 Å². The predicted molar refractivity (Wildman–Crippen MR) is 67.9 cm³/mol. The highest BCUT2D eigenvalue weighted by molar-refractivity contribution is 5.67. The summed E-state index contributed by atoms with van der Waals surface area (Å²) < 4.78 is 0. The summed E-state index contributed by atoms with van der Waals surface area (Å²) in [5.74, 6) is 0.991. The molecule has 0 amide bonds.